The number of nitriles is 1. The molecule has 4 rings (SSSR count). The van der Waals surface area contributed by atoms with Gasteiger partial charge in [-0.1, -0.05) is 11.8 Å². The molecule has 0 aromatic carbocycles. The largest absolute Gasteiger partial charge is 0.309 e. The van der Waals surface area contributed by atoms with Gasteiger partial charge in [0.25, 0.3) is 0 Å². The van der Waals surface area contributed by atoms with E-state index in [1.807, 2.05) is 17.0 Å². The van der Waals surface area contributed by atoms with Gasteiger partial charge in [-0.25, -0.2) is 0 Å². The first kappa shape index (κ1) is 14.7. The van der Waals surface area contributed by atoms with Gasteiger partial charge in [0, 0.05) is 19.5 Å². The van der Waals surface area contributed by atoms with Crippen LogP contribution in [-0.2, 0) is 11.8 Å². The third kappa shape index (κ3) is 2.54. The van der Waals surface area contributed by atoms with E-state index < -0.39 is 0 Å². The van der Waals surface area contributed by atoms with Gasteiger partial charge in [0.1, 0.15) is 16.9 Å². The molecule has 118 valence electrons. The van der Waals surface area contributed by atoms with E-state index >= 15 is 0 Å². The maximum atomic E-state index is 12.7. The van der Waals surface area contributed by atoms with Gasteiger partial charge in [0.2, 0.25) is 5.91 Å². The van der Waals surface area contributed by atoms with E-state index in [0.717, 1.165) is 22.4 Å². The zero-order valence-corrected chi connectivity index (χ0v) is 14.2. The van der Waals surface area contributed by atoms with E-state index in [-0.39, 0.29) is 11.2 Å². The third-order valence-corrected chi connectivity index (χ3v) is 6.45. The summed E-state index contributed by atoms with van der Waals surface area (Å²) < 4.78 is 2.02. The molecule has 1 aliphatic carbocycles. The highest BCUT2D eigenvalue weighted by Gasteiger charge is 2.37. The predicted molar refractivity (Wildman–Crippen MR) is 88.6 cm³/mol. The molecule has 2 aliphatic rings. The molecule has 1 amide bonds. The molecule has 23 heavy (non-hydrogen) atoms. The van der Waals surface area contributed by atoms with Crippen molar-refractivity contribution in [2.75, 3.05) is 11.4 Å². The Morgan fingerprint density at radius 2 is 2.22 bits per heavy atom. The highest BCUT2D eigenvalue weighted by atomic mass is 32.2. The maximum absolute atomic E-state index is 12.7. The van der Waals surface area contributed by atoms with Gasteiger partial charge >= 0.3 is 0 Å². The Hall–Kier alpha value is -1.85. The van der Waals surface area contributed by atoms with Crippen molar-refractivity contribution >= 4 is 34.0 Å². The summed E-state index contributed by atoms with van der Waals surface area (Å²) in [5.41, 5.74) is 0.573. The van der Waals surface area contributed by atoms with Crippen LogP contribution in [-0.4, -0.2) is 32.5 Å². The molecule has 2 fully saturated rings. The fraction of sp³-hybridized carbons (Fsp3) is 0.467. The van der Waals surface area contributed by atoms with Gasteiger partial charge in [0.15, 0.2) is 5.16 Å². The molecular formula is C15H15N5OS2. The van der Waals surface area contributed by atoms with E-state index in [1.54, 1.807) is 11.0 Å². The minimum Gasteiger partial charge on any atom is -0.309 e. The Labute approximate surface area is 142 Å². The molecule has 2 aromatic rings. The van der Waals surface area contributed by atoms with Crippen LogP contribution in [0.5, 0.6) is 0 Å². The molecule has 0 spiro atoms. The average molecular weight is 345 g/mol. The summed E-state index contributed by atoms with van der Waals surface area (Å²) in [7, 11) is 1.97. The first-order chi connectivity index (χ1) is 11.2. The van der Waals surface area contributed by atoms with Crippen LogP contribution in [0.2, 0.25) is 0 Å². The minimum atomic E-state index is -0.154. The van der Waals surface area contributed by atoms with Crippen LogP contribution in [0, 0.1) is 11.3 Å². The highest BCUT2D eigenvalue weighted by Crippen LogP contribution is 2.41. The van der Waals surface area contributed by atoms with Crippen molar-refractivity contribution in [3.05, 3.63) is 22.8 Å². The fourth-order valence-electron chi connectivity index (χ4n) is 2.81. The van der Waals surface area contributed by atoms with E-state index in [0.29, 0.717) is 18.0 Å². The number of rotatable bonds is 4. The molecular weight excluding hydrogens is 330 g/mol. The molecule has 0 radical (unpaired) electrons. The smallest absolute Gasteiger partial charge is 0.241 e. The zero-order valence-electron chi connectivity index (χ0n) is 12.6. The second kappa shape index (κ2) is 5.65. The summed E-state index contributed by atoms with van der Waals surface area (Å²) in [6.45, 7) is 0.652. The van der Waals surface area contributed by atoms with Crippen molar-refractivity contribution in [2.45, 2.75) is 35.6 Å². The van der Waals surface area contributed by atoms with Gasteiger partial charge in [0.05, 0.1) is 10.8 Å². The van der Waals surface area contributed by atoms with Crippen molar-refractivity contribution < 1.29 is 4.79 Å². The molecule has 0 unspecified atom stereocenters. The Kier molecular flexibility index (Phi) is 3.62. The maximum Gasteiger partial charge on any atom is 0.241 e. The van der Waals surface area contributed by atoms with Crippen LogP contribution in [0.3, 0.4) is 0 Å². The first-order valence-electron chi connectivity index (χ1n) is 7.54. The summed E-state index contributed by atoms with van der Waals surface area (Å²) in [6.07, 6.45) is 3.13. The Morgan fingerprint density at radius 1 is 1.39 bits per heavy atom. The van der Waals surface area contributed by atoms with E-state index in [1.165, 1.54) is 35.9 Å². The highest BCUT2D eigenvalue weighted by molar-refractivity contribution is 8.00. The fourth-order valence-corrected chi connectivity index (χ4v) is 4.74. The second-order valence-corrected chi connectivity index (χ2v) is 7.87. The normalized spacial score (nSPS) is 21.0. The number of carbonyl (C=O) groups excluding carboxylic acids is 1. The number of amides is 1. The molecule has 8 heteroatoms. The molecule has 0 bridgehead atoms. The van der Waals surface area contributed by atoms with Crippen LogP contribution < -0.4 is 4.90 Å². The lowest BCUT2D eigenvalue weighted by molar-refractivity contribution is -0.116. The van der Waals surface area contributed by atoms with Crippen molar-refractivity contribution in [3.8, 4) is 6.07 Å². The molecule has 3 heterocycles. The Morgan fingerprint density at radius 3 is 2.96 bits per heavy atom. The molecule has 1 aliphatic heterocycles. The lowest BCUT2D eigenvalue weighted by Crippen LogP contribution is -2.28. The number of carbonyl (C=O) groups is 1. The number of anilines is 1. The number of hydrogen-bond acceptors (Lipinski definition) is 6. The SMILES string of the molecule is Cn1c(S[C@@H]2CCN(c3sccc3C#N)C2=O)nnc1C1CC1. The first-order valence-corrected chi connectivity index (χ1v) is 9.30. The number of nitrogens with zero attached hydrogens (tertiary/aromatic N) is 5. The van der Waals surface area contributed by atoms with E-state index in [4.69, 9.17) is 5.26 Å². The molecule has 1 saturated heterocycles. The summed E-state index contributed by atoms with van der Waals surface area (Å²) in [5, 5.41) is 20.9. The molecule has 1 saturated carbocycles. The average Bonchev–Trinajstić information content (AvgIpc) is 3.01. The molecule has 2 aromatic heterocycles. The third-order valence-electron chi connectivity index (χ3n) is 4.23. The molecule has 1 atom stereocenters. The van der Waals surface area contributed by atoms with Gasteiger partial charge in [-0.05, 0) is 30.7 Å². The monoisotopic (exact) mass is 345 g/mol. The summed E-state index contributed by atoms with van der Waals surface area (Å²) in [6, 6.07) is 3.91. The van der Waals surface area contributed by atoms with Gasteiger partial charge in [-0.2, -0.15) is 5.26 Å². The Bertz CT molecular complexity index is 801. The second-order valence-electron chi connectivity index (χ2n) is 5.81. The lowest BCUT2D eigenvalue weighted by atomic mass is 10.3. The van der Waals surface area contributed by atoms with Crippen molar-refractivity contribution in [1.29, 1.82) is 5.26 Å². The van der Waals surface area contributed by atoms with Crippen molar-refractivity contribution in [2.24, 2.45) is 7.05 Å². The number of hydrogen-bond donors (Lipinski definition) is 0. The predicted octanol–water partition coefficient (Wildman–Crippen LogP) is 2.52. The Balaban J connectivity index is 1.51. The molecule has 0 N–H and O–H groups in total. The molecule has 6 nitrogen and oxygen atoms in total. The summed E-state index contributed by atoms with van der Waals surface area (Å²) >= 11 is 2.93. The van der Waals surface area contributed by atoms with E-state index in [9.17, 15) is 4.79 Å². The van der Waals surface area contributed by atoms with Gasteiger partial charge in [-0.15, -0.1) is 21.5 Å². The zero-order chi connectivity index (χ0) is 16.0. The van der Waals surface area contributed by atoms with Crippen LogP contribution in [0.15, 0.2) is 16.6 Å². The van der Waals surface area contributed by atoms with Gasteiger partial charge < -0.3 is 9.47 Å². The quantitative estimate of drug-likeness (QED) is 0.851. The topological polar surface area (TPSA) is 74.8 Å². The van der Waals surface area contributed by atoms with Crippen molar-refractivity contribution in [3.63, 3.8) is 0 Å². The van der Waals surface area contributed by atoms with Crippen LogP contribution in [0.4, 0.5) is 5.00 Å². The van der Waals surface area contributed by atoms with Crippen LogP contribution >= 0.6 is 23.1 Å². The van der Waals surface area contributed by atoms with Gasteiger partial charge in [-0.3, -0.25) is 4.79 Å². The summed E-state index contributed by atoms with van der Waals surface area (Å²) in [4.78, 5) is 14.4. The van der Waals surface area contributed by atoms with Crippen molar-refractivity contribution in [1.82, 2.24) is 14.8 Å². The van der Waals surface area contributed by atoms with Crippen LogP contribution in [0.1, 0.15) is 36.6 Å². The summed E-state index contributed by atoms with van der Waals surface area (Å²) in [5.74, 6) is 1.63. The number of aromatic nitrogens is 3. The number of thioether (sulfide) groups is 1. The minimum absolute atomic E-state index is 0.0601. The van der Waals surface area contributed by atoms with Crippen LogP contribution in [0.25, 0.3) is 0 Å². The van der Waals surface area contributed by atoms with E-state index in [2.05, 4.69) is 16.3 Å². The standard InChI is InChI=1S/C15H15N5OS2/c1-19-12(9-2-3-9)17-18-15(19)23-11-4-6-20(13(11)21)14-10(8-16)5-7-22-14/h5,7,9,11H,2-4,6H2,1H3/t11-/m1/s1. The lowest BCUT2D eigenvalue weighted by Gasteiger charge is -2.14. The number of thiophene rings is 1.